The van der Waals surface area contributed by atoms with Gasteiger partial charge in [-0.25, -0.2) is 4.79 Å². The van der Waals surface area contributed by atoms with Gasteiger partial charge < -0.3 is 14.8 Å². The standard InChI is InChI=1S/C24H27Cl2N3O/c1-2-28-15-17(20-10-6-7-11-23(20)28)16-29(19-8-4-3-5-9-19)24(30)27-18-12-13-21(25)22(26)14-18/h6-7,10-15,19H,2-5,8-9,16H2,1H3,(H,27,30). The molecule has 0 saturated heterocycles. The van der Waals surface area contributed by atoms with Gasteiger partial charge in [-0.3, -0.25) is 0 Å². The van der Waals surface area contributed by atoms with Crippen LogP contribution in [-0.4, -0.2) is 21.5 Å². The van der Waals surface area contributed by atoms with E-state index in [0.29, 0.717) is 22.3 Å². The van der Waals surface area contributed by atoms with Gasteiger partial charge in [0, 0.05) is 41.9 Å². The van der Waals surface area contributed by atoms with E-state index in [0.717, 1.165) is 32.2 Å². The Morgan fingerprint density at radius 3 is 2.60 bits per heavy atom. The molecule has 0 aliphatic heterocycles. The van der Waals surface area contributed by atoms with Crippen molar-refractivity contribution in [2.45, 2.75) is 58.2 Å². The van der Waals surface area contributed by atoms with Gasteiger partial charge in [-0.1, -0.05) is 60.7 Å². The molecule has 0 atom stereocenters. The van der Waals surface area contributed by atoms with E-state index in [1.54, 1.807) is 18.2 Å². The van der Waals surface area contributed by atoms with Crippen molar-refractivity contribution in [2.75, 3.05) is 5.32 Å². The number of hydrogen-bond acceptors (Lipinski definition) is 1. The highest BCUT2D eigenvalue weighted by Gasteiger charge is 2.27. The van der Waals surface area contributed by atoms with Gasteiger partial charge in [-0.05, 0) is 49.6 Å². The number of benzene rings is 2. The molecule has 3 aromatic rings. The van der Waals surface area contributed by atoms with E-state index in [1.165, 1.54) is 22.9 Å². The van der Waals surface area contributed by atoms with Gasteiger partial charge in [-0.15, -0.1) is 0 Å². The second-order valence-electron chi connectivity index (χ2n) is 7.94. The van der Waals surface area contributed by atoms with Crippen molar-refractivity contribution in [2.24, 2.45) is 0 Å². The van der Waals surface area contributed by atoms with Gasteiger partial charge in [0.15, 0.2) is 0 Å². The zero-order chi connectivity index (χ0) is 21.1. The summed E-state index contributed by atoms with van der Waals surface area (Å²) in [4.78, 5) is 15.4. The second kappa shape index (κ2) is 9.32. The average molecular weight is 444 g/mol. The average Bonchev–Trinajstić information content (AvgIpc) is 3.13. The number of nitrogens with one attached hydrogen (secondary N) is 1. The number of halogens is 2. The molecule has 0 radical (unpaired) electrons. The summed E-state index contributed by atoms with van der Waals surface area (Å²) in [5.41, 5.74) is 3.05. The molecule has 158 valence electrons. The lowest BCUT2D eigenvalue weighted by Crippen LogP contribution is -2.43. The number of carbonyl (C=O) groups excluding carboxylic acids is 1. The second-order valence-corrected chi connectivity index (χ2v) is 8.75. The Balaban J connectivity index is 1.63. The summed E-state index contributed by atoms with van der Waals surface area (Å²) in [6.07, 6.45) is 7.85. The zero-order valence-corrected chi connectivity index (χ0v) is 18.7. The van der Waals surface area contributed by atoms with Crippen LogP contribution in [0.2, 0.25) is 10.0 Å². The minimum absolute atomic E-state index is 0.0892. The number of urea groups is 1. The van der Waals surface area contributed by atoms with E-state index in [1.807, 2.05) is 4.90 Å². The van der Waals surface area contributed by atoms with Crippen molar-refractivity contribution < 1.29 is 4.79 Å². The monoisotopic (exact) mass is 443 g/mol. The predicted octanol–water partition coefficient (Wildman–Crippen LogP) is 7.33. The van der Waals surface area contributed by atoms with Gasteiger partial charge in [0.1, 0.15) is 0 Å². The first kappa shape index (κ1) is 21.1. The summed E-state index contributed by atoms with van der Waals surface area (Å²) in [7, 11) is 0. The number of rotatable bonds is 5. The molecule has 0 bridgehead atoms. The number of aromatic nitrogens is 1. The van der Waals surface area contributed by atoms with E-state index in [2.05, 4.69) is 47.3 Å². The van der Waals surface area contributed by atoms with E-state index in [9.17, 15) is 4.79 Å². The molecule has 4 nitrogen and oxygen atoms in total. The molecular weight excluding hydrogens is 417 g/mol. The normalized spacial score (nSPS) is 14.8. The number of carbonyl (C=O) groups is 1. The molecule has 1 saturated carbocycles. The van der Waals surface area contributed by atoms with Crippen LogP contribution in [0.1, 0.15) is 44.6 Å². The number of para-hydroxylation sites is 1. The first-order chi connectivity index (χ1) is 14.6. The highest BCUT2D eigenvalue weighted by molar-refractivity contribution is 6.42. The summed E-state index contributed by atoms with van der Waals surface area (Å²) in [5, 5.41) is 5.16. The van der Waals surface area contributed by atoms with E-state index in [4.69, 9.17) is 23.2 Å². The molecule has 0 spiro atoms. The molecule has 6 heteroatoms. The summed E-state index contributed by atoms with van der Waals surface area (Å²) >= 11 is 12.2. The molecule has 1 fully saturated rings. The number of aryl methyl sites for hydroxylation is 1. The van der Waals surface area contributed by atoms with Crippen LogP contribution in [0.3, 0.4) is 0 Å². The topological polar surface area (TPSA) is 37.3 Å². The Morgan fingerprint density at radius 2 is 1.87 bits per heavy atom. The van der Waals surface area contributed by atoms with Gasteiger partial charge in [0.05, 0.1) is 10.0 Å². The van der Waals surface area contributed by atoms with Gasteiger partial charge >= 0.3 is 6.03 Å². The van der Waals surface area contributed by atoms with Crippen LogP contribution in [0.15, 0.2) is 48.7 Å². The minimum atomic E-state index is -0.0892. The SMILES string of the molecule is CCn1cc(CN(C(=O)Nc2ccc(Cl)c(Cl)c2)C2CCCCC2)c2ccccc21. The molecule has 2 aromatic carbocycles. The lowest BCUT2D eigenvalue weighted by atomic mass is 9.94. The van der Waals surface area contributed by atoms with Crippen LogP contribution >= 0.6 is 23.2 Å². The minimum Gasteiger partial charge on any atom is -0.347 e. The van der Waals surface area contributed by atoms with Crippen molar-refractivity contribution in [1.82, 2.24) is 9.47 Å². The van der Waals surface area contributed by atoms with Crippen LogP contribution in [0, 0.1) is 0 Å². The number of nitrogens with zero attached hydrogens (tertiary/aromatic N) is 2. The maximum Gasteiger partial charge on any atom is 0.322 e. The molecule has 1 aliphatic rings. The molecule has 2 amide bonds. The first-order valence-electron chi connectivity index (χ1n) is 10.7. The maximum atomic E-state index is 13.4. The summed E-state index contributed by atoms with van der Waals surface area (Å²) < 4.78 is 2.25. The van der Waals surface area contributed by atoms with Crippen molar-refractivity contribution >= 4 is 45.8 Å². The maximum absolute atomic E-state index is 13.4. The number of fused-ring (bicyclic) bond motifs is 1. The molecule has 1 N–H and O–H groups in total. The lowest BCUT2D eigenvalue weighted by Gasteiger charge is -2.34. The Bertz CT molecular complexity index is 1040. The fourth-order valence-corrected chi connectivity index (χ4v) is 4.72. The number of amides is 2. The Labute approximate surface area is 187 Å². The van der Waals surface area contributed by atoms with E-state index < -0.39 is 0 Å². The van der Waals surface area contributed by atoms with Gasteiger partial charge in [0.2, 0.25) is 0 Å². The third-order valence-electron chi connectivity index (χ3n) is 6.00. The van der Waals surface area contributed by atoms with Crippen LogP contribution in [0.5, 0.6) is 0 Å². The molecule has 30 heavy (non-hydrogen) atoms. The zero-order valence-electron chi connectivity index (χ0n) is 17.2. The molecular formula is C24H27Cl2N3O. The smallest absolute Gasteiger partial charge is 0.322 e. The van der Waals surface area contributed by atoms with E-state index in [-0.39, 0.29) is 12.1 Å². The van der Waals surface area contributed by atoms with E-state index >= 15 is 0 Å². The fourth-order valence-electron chi connectivity index (χ4n) is 4.42. The summed E-state index contributed by atoms with van der Waals surface area (Å²) in [5.74, 6) is 0. The lowest BCUT2D eigenvalue weighted by molar-refractivity contribution is 0.163. The number of anilines is 1. The van der Waals surface area contributed by atoms with Crippen LogP contribution in [0.25, 0.3) is 10.9 Å². The Hall–Kier alpha value is -2.17. The third-order valence-corrected chi connectivity index (χ3v) is 6.74. The summed E-state index contributed by atoms with van der Waals surface area (Å²) in [6.45, 7) is 3.64. The Morgan fingerprint density at radius 1 is 1.10 bits per heavy atom. The van der Waals surface area contributed by atoms with Crippen molar-refractivity contribution in [3.05, 3.63) is 64.3 Å². The van der Waals surface area contributed by atoms with Gasteiger partial charge in [0.25, 0.3) is 0 Å². The van der Waals surface area contributed by atoms with Crippen molar-refractivity contribution in [3.63, 3.8) is 0 Å². The molecule has 1 aliphatic carbocycles. The summed E-state index contributed by atoms with van der Waals surface area (Å²) in [6, 6.07) is 13.8. The molecule has 1 heterocycles. The van der Waals surface area contributed by atoms with Crippen LogP contribution in [-0.2, 0) is 13.1 Å². The van der Waals surface area contributed by atoms with Crippen molar-refractivity contribution in [1.29, 1.82) is 0 Å². The van der Waals surface area contributed by atoms with Crippen molar-refractivity contribution in [3.8, 4) is 0 Å². The predicted molar refractivity (Wildman–Crippen MR) is 126 cm³/mol. The van der Waals surface area contributed by atoms with Gasteiger partial charge in [-0.2, -0.15) is 0 Å². The highest BCUT2D eigenvalue weighted by Crippen LogP contribution is 2.29. The largest absolute Gasteiger partial charge is 0.347 e. The van der Waals surface area contributed by atoms with Crippen LogP contribution < -0.4 is 5.32 Å². The molecule has 1 aromatic heterocycles. The first-order valence-corrected chi connectivity index (χ1v) is 11.4. The van der Waals surface area contributed by atoms with Crippen LogP contribution in [0.4, 0.5) is 10.5 Å². The molecule has 0 unspecified atom stereocenters. The third kappa shape index (κ3) is 4.45. The quantitative estimate of drug-likeness (QED) is 0.439. The highest BCUT2D eigenvalue weighted by atomic mass is 35.5. The molecule has 4 rings (SSSR count). The Kier molecular flexibility index (Phi) is 6.55. The fraction of sp³-hybridized carbons (Fsp3) is 0.375. The number of hydrogen-bond donors (Lipinski definition) is 1.